The van der Waals surface area contributed by atoms with E-state index in [4.69, 9.17) is 9.47 Å². The molecule has 0 aromatic carbocycles. The predicted octanol–water partition coefficient (Wildman–Crippen LogP) is 1.95. The molecule has 0 radical (unpaired) electrons. The van der Waals surface area contributed by atoms with Crippen molar-refractivity contribution < 1.29 is 14.3 Å². The number of nitrogens with zero attached hydrogens (tertiary/aromatic N) is 3. The normalized spacial score (nSPS) is 17.8. The fourth-order valence-electron chi connectivity index (χ4n) is 3.13. The molecular weight excluding hydrogens is 308 g/mol. The number of aromatic amines is 1. The van der Waals surface area contributed by atoms with Crippen molar-refractivity contribution in [2.75, 3.05) is 26.9 Å². The molecule has 1 atom stereocenters. The van der Waals surface area contributed by atoms with E-state index in [0.29, 0.717) is 31.2 Å². The fraction of sp³-hybridized carbons (Fsp3) is 0.471. The van der Waals surface area contributed by atoms with Gasteiger partial charge in [-0.2, -0.15) is 5.10 Å². The van der Waals surface area contributed by atoms with Gasteiger partial charge in [0.15, 0.2) is 5.69 Å². The summed E-state index contributed by atoms with van der Waals surface area (Å²) in [5.74, 6) is 0.339. The second kappa shape index (κ2) is 6.60. The minimum Gasteiger partial charge on any atom is -0.494 e. The van der Waals surface area contributed by atoms with Crippen LogP contribution in [0.4, 0.5) is 0 Å². The third kappa shape index (κ3) is 2.87. The Morgan fingerprint density at radius 3 is 2.88 bits per heavy atom. The number of carbonyl (C=O) groups is 1. The first-order chi connectivity index (χ1) is 11.5. The van der Waals surface area contributed by atoms with E-state index < -0.39 is 0 Å². The van der Waals surface area contributed by atoms with Gasteiger partial charge in [-0.05, 0) is 32.4 Å². The SMILES string of the molecule is COc1cc(C)cnc1C(=O)N1CCOCC1c1c(C)n[nH]c1C. The van der Waals surface area contributed by atoms with E-state index >= 15 is 0 Å². The summed E-state index contributed by atoms with van der Waals surface area (Å²) in [6, 6.07) is 1.64. The number of morpholine rings is 1. The van der Waals surface area contributed by atoms with Gasteiger partial charge in [-0.15, -0.1) is 0 Å². The quantitative estimate of drug-likeness (QED) is 0.930. The van der Waals surface area contributed by atoms with Gasteiger partial charge >= 0.3 is 0 Å². The molecule has 7 heteroatoms. The number of aryl methyl sites for hydroxylation is 3. The molecule has 3 heterocycles. The van der Waals surface area contributed by atoms with Crippen molar-refractivity contribution >= 4 is 5.91 Å². The number of hydrogen-bond donors (Lipinski definition) is 1. The number of pyridine rings is 1. The first-order valence-corrected chi connectivity index (χ1v) is 7.93. The van der Waals surface area contributed by atoms with Gasteiger partial charge in [0.2, 0.25) is 0 Å². The molecule has 2 aromatic heterocycles. The monoisotopic (exact) mass is 330 g/mol. The number of amides is 1. The van der Waals surface area contributed by atoms with Crippen LogP contribution in [0.25, 0.3) is 0 Å². The lowest BCUT2D eigenvalue weighted by molar-refractivity contribution is -0.00348. The van der Waals surface area contributed by atoms with Crippen LogP contribution in [0, 0.1) is 20.8 Å². The Morgan fingerprint density at radius 1 is 1.42 bits per heavy atom. The highest BCUT2D eigenvalue weighted by Crippen LogP contribution is 2.31. The summed E-state index contributed by atoms with van der Waals surface area (Å²) in [5, 5.41) is 7.22. The van der Waals surface area contributed by atoms with E-state index in [1.54, 1.807) is 18.2 Å². The van der Waals surface area contributed by atoms with E-state index in [9.17, 15) is 4.79 Å². The lowest BCUT2D eigenvalue weighted by Gasteiger charge is -2.36. The van der Waals surface area contributed by atoms with Crippen molar-refractivity contribution in [3.63, 3.8) is 0 Å². The Balaban J connectivity index is 1.98. The van der Waals surface area contributed by atoms with Gasteiger partial charge in [0, 0.05) is 24.0 Å². The van der Waals surface area contributed by atoms with Crippen LogP contribution in [0.2, 0.25) is 0 Å². The highest BCUT2D eigenvalue weighted by Gasteiger charge is 2.34. The maximum Gasteiger partial charge on any atom is 0.276 e. The van der Waals surface area contributed by atoms with Crippen LogP contribution in [0.15, 0.2) is 12.3 Å². The van der Waals surface area contributed by atoms with E-state index in [-0.39, 0.29) is 11.9 Å². The topological polar surface area (TPSA) is 80.3 Å². The van der Waals surface area contributed by atoms with Gasteiger partial charge in [-0.1, -0.05) is 0 Å². The van der Waals surface area contributed by atoms with Crippen molar-refractivity contribution in [2.45, 2.75) is 26.8 Å². The molecule has 24 heavy (non-hydrogen) atoms. The van der Waals surface area contributed by atoms with Gasteiger partial charge in [0.1, 0.15) is 5.75 Å². The highest BCUT2D eigenvalue weighted by molar-refractivity contribution is 5.95. The Hall–Kier alpha value is -2.41. The maximum absolute atomic E-state index is 13.1. The molecule has 0 spiro atoms. The van der Waals surface area contributed by atoms with E-state index in [1.807, 2.05) is 26.8 Å². The molecule has 0 aliphatic carbocycles. The predicted molar refractivity (Wildman–Crippen MR) is 88.2 cm³/mol. The van der Waals surface area contributed by atoms with Crippen LogP contribution in [-0.2, 0) is 4.74 Å². The first-order valence-electron chi connectivity index (χ1n) is 7.93. The molecule has 3 rings (SSSR count). The largest absolute Gasteiger partial charge is 0.494 e. The average Bonchev–Trinajstić information content (AvgIpc) is 2.92. The molecular formula is C17H22N4O3. The Kier molecular flexibility index (Phi) is 4.53. The van der Waals surface area contributed by atoms with Gasteiger partial charge < -0.3 is 14.4 Å². The summed E-state index contributed by atoms with van der Waals surface area (Å²) < 4.78 is 11.0. The minimum absolute atomic E-state index is 0.153. The number of methoxy groups -OCH3 is 1. The van der Waals surface area contributed by atoms with Crippen LogP contribution in [0.5, 0.6) is 5.75 Å². The highest BCUT2D eigenvalue weighted by atomic mass is 16.5. The van der Waals surface area contributed by atoms with Gasteiger partial charge in [-0.25, -0.2) is 4.98 Å². The third-order valence-corrected chi connectivity index (χ3v) is 4.32. The summed E-state index contributed by atoms with van der Waals surface area (Å²) in [7, 11) is 1.55. The number of rotatable bonds is 3. The molecule has 0 saturated carbocycles. The first kappa shape index (κ1) is 16.4. The molecule has 1 fully saturated rings. The van der Waals surface area contributed by atoms with Crippen molar-refractivity contribution in [1.29, 1.82) is 0 Å². The van der Waals surface area contributed by atoms with Crippen LogP contribution < -0.4 is 4.74 Å². The lowest BCUT2D eigenvalue weighted by Crippen LogP contribution is -2.44. The van der Waals surface area contributed by atoms with Gasteiger partial charge in [0.25, 0.3) is 5.91 Å². The van der Waals surface area contributed by atoms with Crippen molar-refractivity contribution in [3.05, 3.63) is 40.5 Å². The zero-order valence-electron chi connectivity index (χ0n) is 14.4. The van der Waals surface area contributed by atoms with Crippen LogP contribution in [0.3, 0.4) is 0 Å². The molecule has 1 amide bonds. The van der Waals surface area contributed by atoms with E-state index in [0.717, 1.165) is 22.5 Å². The Bertz CT molecular complexity index is 737. The summed E-state index contributed by atoms with van der Waals surface area (Å²) in [5.41, 5.74) is 4.11. The number of H-pyrrole nitrogens is 1. The summed E-state index contributed by atoms with van der Waals surface area (Å²) in [6.45, 7) is 7.26. The second-order valence-corrected chi connectivity index (χ2v) is 6.00. The van der Waals surface area contributed by atoms with Gasteiger partial charge in [-0.3, -0.25) is 9.89 Å². The lowest BCUT2D eigenvalue weighted by atomic mass is 10.0. The molecule has 1 unspecified atom stereocenters. The van der Waals surface area contributed by atoms with E-state index in [2.05, 4.69) is 15.2 Å². The number of carbonyl (C=O) groups excluding carboxylic acids is 1. The van der Waals surface area contributed by atoms with E-state index in [1.165, 1.54) is 0 Å². The number of hydrogen-bond acceptors (Lipinski definition) is 5. The minimum atomic E-state index is -0.183. The summed E-state index contributed by atoms with van der Waals surface area (Å²) >= 11 is 0. The maximum atomic E-state index is 13.1. The molecule has 2 aromatic rings. The molecule has 0 bridgehead atoms. The third-order valence-electron chi connectivity index (χ3n) is 4.32. The zero-order valence-corrected chi connectivity index (χ0v) is 14.4. The molecule has 1 N–H and O–H groups in total. The Labute approximate surface area is 141 Å². The standard InChI is InChI=1S/C17H22N4O3/c1-10-7-14(23-4)16(18-8-10)17(22)21-5-6-24-9-13(21)15-11(2)19-20-12(15)3/h7-8,13H,5-6,9H2,1-4H3,(H,19,20). The summed E-state index contributed by atoms with van der Waals surface area (Å²) in [4.78, 5) is 19.2. The molecule has 1 saturated heterocycles. The van der Waals surface area contributed by atoms with Crippen LogP contribution in [0.1, 0.15) is 39.0 Å². The zero-order chi connectivity index (χ0) is 17.3. The number of ether oxygens (including phenoxy) is 2. The molecule has 128 valence electrons. The van der Waals surface area contributed by atoms with Crippen LogP contribution >= 0.6 is 0 Å². The molecule has 7 nitrogen and oxygen atoms in total. The van der Waals surface area contributed by atoms with Crippen LogP contribution in [-0.4, -0.2) is 52.9 Å². The smallest absolute Gasteiger partial charge is 0.276 e. The number of nitrogens with one attached hydrogen (secondary N) is 1. The fourth-order valence-corrected chi connectivity index (χ4v) is 3.13. The molecule has 1 aliphatic heterocycles. The Morgan fingerprint density at radius 2 is 2.21 bits per heavy atom. The second-order valence-electron chi connectivity index (χ2n) is 6.00. The van der Waals surface area contributed by atoms with Crippen molar-refractivity contribution in [1.82, 2.24) is 20.1 Å². The van der Waals surface area contributed by atoms with Gasteiger partial charge in [0.05, 0.1) is 32.1 Å². The van der Waals surface area contributed by atoms with Crippen molar-refractivity contribution in [3.8, 4) is 5.75 Å². The summed E-state index contributed by atoms with van der Waals surface area (Å²) in [6.07, 6.45) is 1.68. The van der Waals surface area contributed by atoms with Crippen molar-refractivity contribution in [2.24, 2.45) is 0 Å². The average molecular weight is 330 g/mol. The molecule has 1 aliphatic rings. The number of aromatic nitrogens is 3.